The van der Waals surface area contributed by atoms with Crippen LogP contribution in [0.25, 0.3) is 0 Å². The number of urea groups is 3. The number of imide groups is 4. The largest absolute Gasteiger partial charge is 0.471 e. The van der Waals surface area contributed by atoms with Gasteiger partial charge in [0.15, 0.2) is 11.1 Å². The Balaban J connectivity index is 0.000000149. The normalized spacial score (nSPS) is 19.4. The minimum absolute atomic E-state index is 0.0589. The summed E-state index contributed by atoms with van der Waals surface area (Å²) in [5.41, 5.74) is 0.794. The lowest BCUT2D eigenvalue weighted by Gasteiger charge is -2.27. The molecule has 20 heteroatoms. The van der Waals surface area contributed by atoms with Crippen LogP contribution in [0.4, 0.5) is 14.4 Å². The Bertz CT molecular complexity index is 3020. The molecule has 386 valence electrons. The smallest absolute Gasteiger partial charge is 0.319 e. The Morgan fingerprint density at radius 2 is 0.973 bits per heavy atom. The number of hydrogen-bond donors (Lipinski definition) is 6. The van der Waals surface area contributed by atoms with Crippen LogP contribution in [-0.4, -0.2) is 92.4 Å². The molecule has 4 aliphatic heterocycles. The topological polar surface area (TPSA) is 261 Å². The minimum Gasteiger partial charge on any atom is -0.319 e. The molecule has 10 rings (SSSR count). The molecule has 4 heterocycles. The van der Waals surface area contributed by atoms with E-state index in [9.17, 15) is 42.9 Å². The maximum absolute atomic E-state index is 13.1. The third-order valence-electron chi connectivity index (χ3n) is 13.0. The zero-order valence-electron chi connectivity index (χ0n) is 41.0. The van der Waals surface area contributed by atoms with Gasteiger partial charge in [-0.3, -0.25) is 43.6 Å². The first kappa shape index (κ1) is 54.2. The fourth-order valence-corrected chi connectivity index (χ4v) is 9.45. The molecule has 6 aromatic carbocycles. The minimum atomic E-state index is -4.83. The Morgan fingerprint density at radius 1 is 0.547 bits per heavy atom. The van der Waals surface area contributed by atoms with E-state index in [0.29, 0.717) is 35.4 Å². The lowest BCUT2D eigenvalue weighted by Crippen LogP contribution is -2.45. The van der Waals surface area contributed by atoms with Crippen molar-refractivity contribution in [2.45, 2.75) is 49.2 Å². The van der Waals surface area contributed by atoms with Gasteiger partial charge in [-0.15, -0.1) is 0 Å². The van der Waals surface area contributed by atoms with E-state index in [0.717, 1.165) is 27.2 Å². The first-order chi connectivity index (χ1) is 35.9. The summed E-state index contributed by atoms with van der Waals surface area (Å²) in [4.78, 5) is 117. The van der Waals surface area contributed by atoms with E-state index in [1.807, 2.05) is 135 Å². The lowest BCUT2D eigenvalue weighted by atomic mass is 9.83. The number of likely N-dealkylation sites (N-methyl/N-ethyl adjacent to an activating group) is 2. The summed E-state index contributed by atoms with van der Waals surface area (Å²) < 4.78 is 15.2. The van der Waals surface area contributed by atoms with Gasteiger partial charge >= 0.3 is 25.9 Å². The van der Waals surface area contributed by atoms with Crippen LogP contribution >= 0.6 is 7.82 Å². The highest BCUT2D eigenvalue weighted by Crippen LogP contribution is 2.40. The van der Waals surface area contributed by atoms with Crippen LogP contribution in [0.5, 0.6) is 0 Å². The molecule has 0 radical (unpaired) electrons. The predicted octanol–water partition coefficient (Wildman–Crippen LogP) is 6.34. The first-order valence-electron chi connectivity index (χ1n) is 23.7. The monoisotopic (exact) mass is 1040 g/mol. The second kappa shape index (κ2) is 23.1. The second-order valence-corrected chi connectivity index (χ2v) is 18.6. The molecule has 0 aromatic heterocycles. The quantitative estimate of drug-likeness (QED) is 0.0472. The van der Waals surface area contributed by atoms with Gasteiger partial charge in [0, 0.05) is 20.0 Å². The zero-order valence-corrected chi connectivity index (χ0v) is 41.9. The van der Waals surface area contributed by atoms with Crippen molar-refractivity contribution in [3.8, 4) is 0 Å². The van der Waals surface area contributed by atoms with Crippen LogP contribution in [0, 0.1) is 0 Å². The number of hydrogen-bond acceptors (Lipinski definition) is 10. The van der Waals surface area contributed by atoms with Crippen LogP contribution in [0.3, 0.4) is 0 Å². The molecule has 6 aromatic rings. The van der Waals surface area contributed by atoms with Crippen LogP contribution < -0.4 is 21.3 Å². The summed E-state index contributed by atoms with van der Waals surface area (Å²) in [5, 5.41) is 10.5. The molecular formula is C55H54N7O12P. The average Bonchev–Trinajstić information content (AvgIpc) is 4.10. The van der Waals surface area contributed by atoms with E-state index in [1.165, 1.54) is 11.9 Å². The number of amides is 11. The van der Waals surface area contributed by atoms with E-state index in [1.54, 1.807) is 60.7 Å². The Kier molecular flexibility index (Phi) is 16.7. The summed E-state index contributed by atoms with van der Waals surface area (Å²) in [7, 11) is -3.33. The predicted molar refractivity (Wildman–Crippen MR) is 273 cm³/mol. The molecule has 4 aliphatic rings. The van der Waals surface area contributed by atoms with Crippen LogP contribution in [0.15, 0.2) is 182 Å². The summed E-state index contributed by atoms with van der Waals surface area (Å²) in [5.74, 6) is -1.60. The van der Waals surface area contributed by atoms with E-state index in [-0.39, 0.29) is 35.6 Å². The van der Waals surface area contributed by atoms with Crippen molar-refractivity contribution >= 4 is 55.5 Å². The van der Waals surface area contributed by atoms with Gasteiger partial charge < -0.3 is 25.7 Å². The second-order valence-electron chi connectivity index (χ2n) is 17.3. The summed E-state index contributed by atoms with van der Waals surface area (Å²) in [6.45, 7) is 3.34. The molecule has 4 fully saturated rings. The molecule has 2 atom stereocenters. The number of benzene rings is 6. The maximum Gasteiger partial charge on any atom is 0.471 e. The molecule has 0 spiro atoms. The third-order valence-corrected chi connectivity index (χ3v) is 13.5. The molecule has 19 nitrogen and oxygen atoms in total. The van der Waals surface area contributed by atoms with Crippen LogP contribution in [0.2, 0.25) is 0 Å². The van der Waals surface area contributed by atoms with Crippen molar-refractivity contribution in [2.75, 3.05) is 20.3 Å². The van der Waals surface area contributed by atoms with Gasteiger partial charge in [0.2, 0.25) is 11.8 Å². The highest BCUT2D eigenvalue weighted by atomic mass is 31.2. The van der Waals surface area contributed by atoms with E-state index < -0.39 is 49.1 Å². The van der Waals surface area contributed by atoms with E-state index >= 15 is 0 Å². The number of phosphoric ester groups is 1. The standard InChI is InChI=1S/C16H15N2O6P.C15H12N2O2.C12H14N2O2.C12H13NO2/c19-14-16(12-7-3-1-4-8-12,13-9-5-2-6-10-13)17-15(20)18(14)11-24-25(21,22)23;18-13-15(17-14(19)16-13,11-7-3-1-4-8-11)12-9-5-2-6-10-12;1-3-12(9-7-5-4-6-8-9)10(15)14(2)11(16)13-12;1-2-13-11(14)8-10(12(13)15)9-6-4-3-5-7-9/h1-10H,11H2,(H,17,20)(H2,21,22,23);1-10H,(H2,16,17,18,19);4-8H,3H2,1-2H3,(H,13,16);3-7,10H,2,8H2,1H3. The van der Waals surface area contributed by atoms with Crippen LogP contribution in [-0.2, 0) is 49.7 Å². The third kappa shape index (κ3) is 11.2. The maximum atomic E-state index is 13.1. The molecule has 2 unspecified atom stereocenters. The number of likely N-dealkylation sites (tertiary alicyclic amines) is 1. The van der Waals surface area contributed by atoms with Crippen molar-refractivity contribution in [2.24, 2.45) is 0 Å². The van der Waals surface area contributed by atoms with E-state index in [2.05, 4.69) is 25.8 Å². The molecule has 75 heavy (non-hydrogen) atoms. The molecule has 11 amide bonds. The Labute approximate surface area is 432 Å². The number of phosphoric acid groups is 1. The fraction of sp³-hybridized carbons (Fsp3) is 0.200. The highest BCUT2D eigenvalue weighted by Gasteiger charge is 2.54. The van der Waals surface area contributed by atoms with Crippen LogP contribution in [0.1, 0.15) is 66.0 Å². The molecule has 0 saturated carbocycles. The first-order valence-corrected chi connectivity index (χ1v) is 25.2. The SMILES string of the molecule is CCC1(c2ccccc2)NC(=O)N(C)C1=O.CCN1C(=O)CC(c2ccccc2)C1=O.O=C1NC(=O)C(c2ccccc2)(c2ccccc2)N1.O=C1NC(c2ccccc2)(c2ccccc2)C(=O)N1COP(=O)(O)O. The van der Waals surface area contributed by atoms with Crippen molar-refractivity contribution in [1.29, 1.82) is 0 Å². The van der Waals surface area contributed by atoms with Gasteiger partial charge in [0.1, 0.15) is 12.3 Å². The molecular weight excluding hydrogens is 982 g/mol. The Morgan fingerprint density at radius 3 is 1.33 bits per heavy atom. The zero-order chi connectivity index (χ0) is 54.0. The Hall–Kier alpha value is -8.61. The van der Waals surface area contributed by atoms with Gasteiger partial charge in [-0.05, 0) is 46.7 Å². The average molecular weight is 1040 g/mol. The van der Waals surface area contributed by atoms with Crippen molar-refractivity contribution in [3.05, 3.63) is 215 Å². The van der Waals surface area contributed by atoms with Crippen molar-refractivity contribution < 1.29 is 57.2 Å². The highest BCUT2D eigenvalue weighted by molar-refractivity contribution is 7.46. The summed E-state index contributed by atoms with van der Waals surface area (Å²) in [6.07, 6.45) is 0.864. The van der Waals surface area contributed by atoms with Gasteiger partial charge in [-0.2, -0.15) is 0 Å². The van der Waals surface area contributed by atoms with Gasteiger partial charge in [0.05, 0.1) is 5.92 Å². The van der Waals surface area contributed by atoms with Gasteiger partial charge in [-0.1, -0.05) is 189 Å². The molecule has 6 N–H and O–H groups in total. The summed E-state index contributed by atoms with van der Waals surface area (Å²) in [6, 6.07) is 52.9. The van der Waals surface area contributed by atoms with Crippen molar-refractivity contribution in [3.63, 3.8) is 0 Å². The van der Waals surface area contributed by atoms with Gasteiger partial charge in [0.25, 0.3) is 17.7 Å². The number of carbonyl (C=O) groups is 8. The number of nitrogens with zero attached hydrogens (tertiary/aromatic N) is 3. The summed E-state index contributed by atoms with van der Waals surface area (Å²) >= 11 is 0. The molecule has 0 bridgehead atoms. The fourth-order valence-electron chi connectivity index (χ4n) is 9.19. The lowest BCUT2D eigenvalue weighted by molar-refractivity contribution is -0.138. The number of rotatable bonds is 11. The van der Waals surface area contributed by atoms with Crippen molar-refractivity contribution in [1.82, 2.24) is 36.0 Å². The number of carbonyl (C=O) groups excluding carboxylic acids is 8. The van der Waals surface area contributed by atoms with Gasteiger partial charge in [-0.25, -0.2) is 23.8 Å². The molecule has 4 saturated heterocycles. The van der Waals surface area contributed by atoms with E-state index in [4.69, 9.17) is 9.79 Å². The number of nitrogens with one attached hydrogen (secondary N) is 4. The molecule has 0 aliphatic carbocycles.